The highest BCUT2D eigenvalue weighted by Gasteiger charge is 2.20. The SMILES string of the molecule is NCCCC(=O)CCN(CCNC(=O)CCN(CCC(=O)NCCN(CCC(=O)CCCN)CCC(=O)NCCN)CCN(CCC(=O)NCCN(CCC(=O)CCCN)CCC(=O)NCCN)CCC(=O)NCCN(CCC(=O)CCCN)CCC(=O)NCCN)CCC(=O)NCCN. The molecule has 0 saturated carbocycles. The molecule has 0 aromatic carbocycles. The van der Waals surface area contributed by atoms with Gasteiger partial charge in [0.15, 0.2) is 0 Å². The van der Waals surface area contributed by atoms with Gasteiger partial charge in [-0.1, -0.05) is 0 Å². The number of hydrogen-bond acceptors (Lipinski definition) is 26. The molecule has 0 atom stereocenters. The zero-order valence-electron chi connectivity index (χ0n) is 60.4. The minimum Gasteiger partial charge on any atom is -0.355 e. The largest absolute Gasteiger partial charge is 0.355 e. The van der Waals surface area contributed by atoms with Crippen molar-refractivity contribution in [1.29, 1.82) is 0 Å². The number of ketones is 4. The molecule has 24 N–H and O–H groups in total. The normalized spacial score (nSPS) is 11.4. The van der Waals surface area contributed by atoms with Crippen molar-refractivity contribution < 1.29 is 57.5 Å². The van der Waals surface area contributed by atoms with Crippen LogP contribution in [0.15, 0.2) is 0 Å². The standard InChI is InChI=1S/C66H132N22O12/c67-21-1-5-55(89)9-37-83(41-13-59(93)75-29-25-71)49-33-79-63(97)17-45-87(46-18-64(98)80-34-50-84(38-10-56(90)6-2-22-68)42-14-60(94)76-30-26-72)53-54-88(47-19-65(99)81-35-51-85(39-11-57(91)7-3-23-69)43-15-61(95)77-31-27-73)48-20-66(100)82-36-52-86(40-12-58(92)8-4-24-70)44-16-62(96)78-32-28-74/h1-54,67-74H2,(H,75,93)(H,76,94)(H,77,95)(H,78,96)(H,79,97)(H,80,98)(H,81,99)(H,82,100). The van der Waals surface area contributed by atoms with Crippen LogP contribution in [0.3, 0.4) is 0 Å². The number of hydrogen-bond donors (Lipinski definition) is 16. The topological polar surface area (TPSA) is 529 Å². The second-order valence-corrected chi connectivity index (χ2v) is 24.7. The Balaban J connectivity index is 6.81. The Morgan fingerprint density at radius 3 is 0.480 bits per heavy atom. The molecule has 0 radical (unpaired) electrons. The van der Waals surface area contributed by atoms with E-state index in [9.17, 15) is 57.5 Å². The molecule has 0 aliphatic heterocycles. The highest BCUT2D eigenvalue weighted by Crippen LogP contribution is 2.07. The summed E-state index contributed by atoms with van der Waals surface area (Å²) in [5.41, 5.74) is 44.8. The molecule has 0 rings (SSSR count). The average Bonchev–Trinajstić information content (AvgIpc) is 1.08. The van der Waals surface area contributed by atoms with Crippen molar-refractivity contribution in [2.24, 2.45) is 45.9 Å². The van der Waals surface area contributed by atoms with Gasteiger partial charge in [-0.2, -0.15) is 0 Å². The molecule has 0 fully saturated rings. The smallest absolute Gasteiger partial charge is 0.221 e. The van der Waals surface area contributed by atoms with E-state index in [1.165, 1.54) is 0 Å². The maximum absolute atomic E-state index is 13.7. The van der Waals surface area contributed by atoms with Crippen molar-refractivity contribution in [2.75, 3.05) is 223 Å². The van der Waals surface area contributed by atoms with Crippen molar-refractivity contribution in [3.63, 3.8) is 0 Å². The van der Waals surface area contributed by atoms with E-state index in [0.29, 0.717) is 195 Å². The molecule has 0 saturated heterocycles. The molecule has 0 aromatic rings. The number of Topliss-reactive ketones (excluding diaryl/α,β-unsaturated/α-hetero) is 4. The lowest BCUT2D eigenvalue weighted by molar-refractivity contribution is -0.123. The van der Waals surface area contributed by atoms with Gasteiger partial charge in [-0.25, -0.2) is 0 Å². The van der Waals surface area contributed by atoms with Gasteiger partial charge in [0, 0.05) is 299 Å². The first-order chi connectivity index (χ1) is 48.2. The predicted molar refractivity (Wildman–Crippen MR) is 388 cm³/mol. The Hall–Kier alpha value is -6.12. The van der Waals surface area contributed by atoms with Crippen LogP contribution in [0.2, 0.25) is 0 Å². The number of carbonyl (C=O) groups excluding carboxylic acids is 12. The van der Waals surface area contributed by atoms with Crippen molar-refractivity contribution in [2.45, 2.75) is 128 Å². The van der Waals surface area contributed by atoms with Crippen molar-refractivity contribution in [3.8, 4) is 0 Å². The summed E-state index contributed by atoms with van der Waals surface area (Å²) in [6, 6.07) is 0. The van der Waals surface area contributed by atoms with E-state index in [1.54, 1.807) is 0 Å². The van der Waals surface area contributed by atoms with Gasteiger partial charge in [-0.15, -0.1) is 0 Å². The van der Waals surface area contributed by atoms with Crippen LogP contribution in [-0.2, 0) is 57.5 Å². The van der Waals surface area contributed by atoms with E-state index in [2.05, 4.69) is 42.5 Å². The molecule has 0 bridgehead atoms. The molecule has 0 spiro atoms. The molecule has 578 valence electrons. The van der Waals surface area contributed by atoms with Gasteiger partial charge in [0.1, 0.15) is 23.1 Å². The summed E-state index contributed by atoms with van der Waals surface area (Å²) in [5, 5.41) is 22.9. The molecule has 100 heavy (non-hydrogen) atoms. The first-order valence-corrected chi connectivity index (χ1v) is 36.4. The molecule has 0 heterocycles. The van der Waals surface area contributed by atoms with Gasteiger partial charge in [0.25, 0.3) is 0 Å². The number of nitrogens with one attached hydrogen (secondary N) is 8. The quantitative estimate of drug-likeness (QED) is 0.0269. The lowest BCUT2D eigenvalue weighted by Gasteiger charge is -2.28. The van der Waals surface area contributed by atoms with Crippen molar-refractivity contribution in [3.05, 3.63) is 0 Å². The van der Waals surface area contributed by atoms with Crippen molar-refractivity contribution >= 4 is 70.4 Å². The summed E-state index contributed by atoms with van der Waals surface area (Å²) in [4.78, 5) is 167. The first kappa shape index (κ1) is 93.9. The van der Waals surface area contributed by atoms with E-state index >= 15 is 0 Å². The lowest BCUT2D eigenvalue weighted by Crippen LogP contribution is -2.43. The molecule has 8 amide bonds. The Labute approximate surface area is 594 Å². The number of carbonyl (C=O) groups is 12. The second-order valence-electron chi connectivity index (χ2n) is 24.7. The number of amides is 8. The van der Waals surface area contributed by atoms with Crippen LogP contribution in [0, 0.1) is 0 Å². The highest BCUT2D eigenvalue weighted by molar-refractivity contribution is 5.81. The first-order valence-electron chi connectivity index (χ1n) is 36.4. The van der Waals surface area contributed by atoms with Gasteiger partial charge in [0.05, 0.1) is 0 Å². The molecule has 0 unspecified atom stereocenters. The van der Waals surface area contributed by atoms with E-state index in [0.717, 1.165) is 0 Å². The van der Waals surface area contributed by atoms with Crippen LogP contribution in [0.5, 0.6) is 0 Å². The highest BCUT2D eigenvalue weighted by atomic mass is 16.2. The predicted octanol–water partition coefficient (Wildman–Crippen LogP) is -6.52. The van der Waals surface area contributed by atoms with E-state index in [4.69, 9.17) is 45.9 Å². The molecule has 34 heteroatoms. The summed E-state index contributed by atoms with van der Waals surface area (Å²) < 4.78 is 0. The monoisotopic (exact) mass is 1430 g/mol. The van der Waals surface area contributed by atoms with Crippen LogP contribution in [-0.4, -0.2) is 322 Å². The molecular weight excluding hydrogens is 1290 g/mol. The van der Waals surface area contributed by atoms with E-state index in [-0.39, 0.29) is 226 Å². The fourth-order valence-corrected chi connectivity index (χ4v) is 10.2. The Morgan fingerprint density at radius 2 is 0.320 bits per heavy atom. The third-order valence-electron chi connectivity index (χ3n) is 16.3. The van der Waals surface area contributed by atoms with Crippen LogP contribution in [0.25, 0.3) is 0 Å². The Morgan fingerprint density at radius 1 is 0.170 bits per heavy atom. The Bertz CT molecular complexity index is 1880. The zero-order chi connectivity index (χ0) is 74.2. The molecule has 0 aromatic heterocycles. The third kappa shape index (κ3) is 57.5. The van der Waals surface area contributed by atoms with Gasteiger partial charge >= 0.3 is 0 Å². The number of rotatable bonds is 71. The average molecular weight is 1430 g/mol. The van der Waals surface area contributed by atoms with Crippen LogP contribution >= 0.6 is 0 Å². The molecule has 34 nitrogen and oxygen atoms in total. The summed E-state index contributed by atoms with van der Waals surface area (Å²) in [6.07, 6.45) is 5.45. The third-order valence-corrected chi connectivity index (χ3v) is 16.3. The summed E-state index contributed by atoms with van der Waals surface area (Å²) in [7, 11) is 0. The Kier molecular flexibility index (Phi) is 61.0. The number of nitrogens with two attached hydrogens (primary N) is 8. The minimum atomic E-state index is -0.282. The fraction of sp³-hybridized carbons (Fsp3) is 0.818. The van der Waals surface area contributed by atoms with Crippen LogP contribution in [0.1, 0.15) is 128 Å². The second kappa shape index (κ2) is 64.9. The van der Waals surface area contributed by atoms with Gasteiger partial charge in [-0.05, 0) is 51.9 Å². The van der Waals surface area contributed by atoms with E-state index in [1.807, 2.05) is 29.4 Å². The van der Waals surface area contributed by atoms with Gasteiger partial charge in [0.2, 0.25) is 47.3 Å². The minimum absolute atomic E-state index is 0.0256. The maximum Gasteiger partial charge on any atom is 0.221 e. The van der Waals surface area contributed by atoms with E-state index < -0.39 is 0 Å². The number of nitrogens with zero attached hydrogens (tertiary/aromatic N) is 6. The van der Waals surface area contributed by atoms with Gasteiger partial charge in [-0.3, -0.25) is 57.5 Å². The molecule has 0 aliphatic carbocycles. The summed E-state index contributed by atoms with van der Waals surface area (Å²) in [5.74, 6) is -1.68. The van der Waals surface area contributed by atoms with Gasteiger partial charge < -0.3 is 118 Å². The fourth-order valence-electron chi connectivity index (χ4n) is 10.2. The lowest BCUT2D eigenvalue weighted by atomic mass is 10.1. The summed E-state index contributed by atoms with van der Waals surface area (Å²) >= 11 is 0. The van der Waals surface area contributed by atoms with Crippen LogP contribution < -0.4 is 88.4 Å². The summed E-state index contributed by atoms with van der Waals surface area (Å²) in [6.45, 7) is 10.7. The zero-order valence-corrected chi connectivity index (χ0v) is 60.4. The maximum atomic E-state index is 13.7. The van der Waals surface area contributed by atoms with Crippen molar-refractivity contribution in [1.82, 2.24) is 71.9 Å². The molecule has 0 aliphatic rings. The molecular formula is C66H132N22O12. The van der Waals surface area contributed by atoms with Crippen LogP contribution in [0.4, 0.5) is 0 Å².